The molecule has 0 bridgehead atoms. The predicted octanol–water partition coefficient (Wildman–Crippen LogP) is 2.79. The van der Waals surface area contributed by atoms with E-state index in [0.29, 0.717) is 0 Å². The SMILES string of the molecule is CCn1c(-c2nc(C(=O)NNC(=O)OC)cs2)cc2ccccc21. The highest BCUT2D eigenvalue weighted by molar-refractivity contribution is 7.13. The number of aryl methyl sites for hydroxylation is 1. The molecular weight excluding hydrogens is 328 g/mol. The molecule has 0 unspecified atom stereocenters. The van der Waals surface area contributed by atoms with Gasteiger partial charge in [-0.1, -0.05) is 18.2 Å². The molecule has 124 valence electrons. The largest absolute Gasteiger partial charge is 0.452 e. The van der Waals surface area contributed by atoms with E-state index in [2.05, 4.69) is 44.2 Å². The van der Waals surface area contributed by atoms with E-state index >= 15 is 0 Å². The Balaban J connectivity index is 1.88. The third-order valence-corrected chi connectivity index (χ3v) is 4.41. The van der Waals surface area contributed by atoms with Gasteiger partial charge in [-0.15, -0.1) is 11.3 Å². The minimum atomic E-state index is -0.745. The fraction of sp³-hybridized carbons (Fsp3) is 0.188. The maximum Gasteiger partial charge on any atom is 0.425 e. The standard InChI is InChI=1S/C16H16N4O3S/c1-3-20-12-7-5-4-6-10(12)8-13(20)15-17-11(9-24-15)14(21)18-19-16(22)23-2/h4-9H,3H2,1-2H3,(H,18,21)(H,19,22). The minimum Gasteiger partial charge on any atom is -0.452 e. The molecule has 0 atom stereocenters. The first kappa shape index (κ1) is 16.0. The van der Waals surface area contributed by atoms with Crippen LogP contribution in [0, 0.1) is 0 Å². The molecule has 0 aliphatic heterocycles. The molecule has 2 aromatic heterocycles. The van der Waals surface area contributed by atoms with Crippen molar-refractivity contribution < 1.29 is 14.3 Å². The number of hydrogen-bond donors (Lipinski definition) is 2. The molecule has 0 aliphatic carbocycles. The number of para-hydroxylation sites is 1. The Kier molecular flexibility index (Phi) is 4.48. The average molecular weight is 344 g/mol. The van der Waals surface area contributed by atoms with Crippen molar-refractivity contribution in [2.45, 2.75) is 13.5 Å². The van der Waals surface area contributed by atoms with Gasteiger partial charge >= 0.3 is 6.09 Å². The van der Waals surface area contributed by atoms with Gasteiger partial charge in [0.1, 0.15) is 10.7 Å². The number of nitrogens with one attached hydrogen (secondary N) is 2. The lowest BCUT2D eigenvalue weighted by atomic mass is 10.2. The van der Waals surface area contributed by atoms with Crippen LogP contribution >= 0.6 is 11.3 Å². The van der Waals surface area contributed by atoms with Gasteiger partial charge in [0.05, 0.1) is 12.8 Å². The molecule has 2 N–H and O–H groups in total. The maximum atomic E-state index is 12.0. The fourth-order valence-electron chi connectivity index (χ4n) is 2.45. The van der Waals surface area contributed by atoms with Gasteiger partial charge in [0.25, 0.3) is 5.91 Å². The number of methoxy groups -OCH3 is 1. The summed E-state index contributed by atoms with van der Waals surface area (Å²) in [6.45, 7) is 2.87. The Morgan fingerprint density at radius 3 is 2.83 bits per heavy atom. The second-order valence-electron chi connectivity index (χ2n) is 4.94. The lowest BCUT2D eigenvalue weighted by Gasteiger charge is -2.05. The number of carbonyl (C=O) groups excluding carboxylic acids is 2. The van der Waals surface area contributed by atoms with Gasteiger partial charge in [-0.25, -0.2) is 15.2 Å². The van der Waals surface area contributed by atoms with Crippen LogP contribution in [0.25, 0.3) is 21.6 Å². The van der Waals surface area contributed by atoms with Crippen molar-refractivity contribution in [1.29, 1.82) is 0 Å². The summed E-state index contributed by atoms with van der Waals surface area (Å²) in [5.41, 5.74) is 6.69. The third kappa shape index (κ3) is 2.95. The summed E-state index contributed by atoms with van der Waals surface area (Å²) < 4.78 is 6.54. The molecule has 0 radical (unpaired) electrons. The lowest BCUT2D eigenvalue weighted by Crippen LogP contribution is -2.41. The van der Waals surface area contributed by atoms with Gasteiger partial charge in [0.2, 0.25) is 0 Å². The van der Waals surface area contributed by atoms with Gasteiger partial charge in [-0.3, -0.25) is 10.2 Å². The van der Waals surface area contributed by atoms with Crippen molar-refractivity contribution in [3.8, 4) is 10.7 Å². The molecule has 0 aliphatic rings. The number of rotatable bonds is 3. The van der Waals surface area contributed by atoms with Crippen LogP contribution in [-0.2, 0) is 11.3 Å². The lowest BCUT2D eigenvalue weighted by molar-refractivity contribution is 0.0916. The Labute approximate surface area is 142 Å². The second-order valence-corrected chi connectivity index (χ2v) is 5.80. The number of ether oxygens (including phenoxy) is 1. The van der Waals surface area contributed by atoms with Crippen LogP contribution in [0.1, 0.15) is 17.4 Å². The summed E-state index contributed by atoms with van der Waals surface area (Å²) in [7, 11) is 1.21. The summed E-state index contributed by atoms with van der Waals surface area (Å²) >= 11 is 1.38. The highest BCUT2D eigenvalue weighted by Gasteiger charge is 2.16. The first-order chi connectivity index (χ1) is 11.6. The summed E-state index contributed by atoms with van der Waals surface area (Å²) in [6, 6.07) is 10.2. The van der Waals surface area contributed by atoms with Gasteiger partial charge in [-0.05, 0) is 19.1 Å². The van der Waals surface area contributed by atoms with E-state index in [0.717, 1.165) is 28.1 Å². The Bertz CT molecular complexity index is 900. The zero-order valence-electron chi connectivity index (χ0n) is 13.2. The molecular formula is C16H16N4O3S. The normalized spacial score (nSPS) is 10.6. The molecule has 24 heavy (non-hydrogen) atoms. The van der Waals surface area contributed by atoms with Gasteiger partial charge in [0.15, 0.2) is 0 Å². The molecule has 3 aromatic rings. The Morgan fingerprint density at radius 2 is 2.08 bits per heavy atom. The highest BCUT2D eigenvalue weighted by atomic mass is 32.1. The number of hydrogen-bond acceptors (Lipinski definition) is 5. The van der Waals surface area contributed by atoms with Crippen LogP contribution in [0.4, 0.5) is 4.79 Å². The van der Waals surface area contributed by atoms with Crippen LogP contribution < -0.4 is 10.9 Å². The number of nitrogens with zero attached hydrogens (tertiary/aromatic N) is 2. The maximum absolute atomic E-state index is 12.0. The predicted molar refractivity (Wildman–Crippen MR) is 91.7 cm³/mol. The molecule has 1 aromatic carbocycles. The molecule has 0 fully saturated rings. The fourth-order valence-corrected chi connectivity index (χ4v) is 3.27. The molecule has 0 spiro atoms. The number of thiazole rings is 1. The van der Waals surface area contributed by atoms with Crippen LogP contribution in [0.15, 0.2) is 35.7 Å². The Hall–Kier alpha value is -2.87. The average Bonchev–Trinajstić information content (AvgIpc) is 3.23. The molecule has 8 heteroatoms. The Morgan fingerprint density at radius 1 is 1.29 bits per heavy atom. The summed E-state index contributed by atoms with van der Waals surface area (Å²) in [4.78, 5) is 27.4. The number of amides is 2. The number of carbonyl (C=O) groups is 2. The molecule has 2 heterocycles. The minimum absolute atomic E-state index is 0.235. The van der Waals surface area contributed by atoms with E-state index in [1.165, 1.54) is 18.4 Å². The van der Waals surface area contributed by atoms with Crippen LogP contribution in [0.3, 0.4) is 0 Å². The van der Waals surface area contributed by atoms with Crippen LogP contribution in [0.5, 0.6) is 0 Å². The second kappa shape index (κ2) is 6.71. The molecule has 7 nitrogen and oxygen atoms in total. The van der Waals surface area contributed by atoms with E-state index in [1.807, 2.05) is 18.2 Å². The first-order valence-corrected chi connectivity index (χ1v) is 8.20. The first-order valence-electron chi connectivity index (χ1n) is 7.32. The third-order valence-electron chi connectivity index (χ3n) is 3.55. The summed E-state index contributed by atoms with van der Waals surface area (Å²) in [6.07, 6.45) is -0.745. The number of fused-ring (bicyclic) bond motifs is 1. The van der Waals surface area contributed by atoms with E-state index in [9.17, 15) is 9.59 Å². The van der Waals surface area contributed by atoms with E-state index in [4.69, 9.17) is 0 Å². The van der Waals surface area contributed by atoms with Gasteiger partial charge < -0.3 is 9.30 Å². The van der Waals surface area contributed by atoms with Crippen molar-refractivity contribution in [3.63, 3.8) is 0 Å². The molecule has 2 amide bonds. The number of hydrazine groups is 1. The zero-order valence-corrected chi connectivity index (χ0v) is 14.0. The van der Waals surface area contributed by atoms with Gasteiger partial charge in [0, 0.05) is 22.8 Å². The highest BCUT2D eigenvalue weighted by Crippen LogP contribution is 2.30. The van der Waals surface area contributed by atoms with Crippen molar-refractivity contribution in [2.24, 2.45) is 0 Å². The number of benzene rings is 1. The number of aromatic nitrogens is 2. The van der Waals surface area contributed by atoms with Gasteiger partial charge in [-0.2, -0.15) is 0 Å². The quantitative estimate of drug-likeness (QED) is 0.716. The van der Waals surface area contributed by atoms with Crippen LogP contribution in [-0.4, -0.2) is 28.7 Å². The molecule has 0 saturated carbocycles. The van der Waals surface area contributed by atoms with E-state index < -0.39 is 12.0 Å². The van der Waals surface area contributed by atoms with E-state index in [1.54, 1.807) is 5.38 Å². The van der Waals surface area contributed by atoms with E-state index in [-0.39, 0.29) is 5.69 Å². The van der Waals surface area contributed by atoms with Crippen molar-refractivity contribution >= 4 is 34.2 Å². The van der Waals surface area contributed by atoms with Crippen molar-refractivity contribution in [1.82, 2.24) is 20.4 Å². The summed E-state index contributed by atoms with van der Waals surface area (Å²) in [5, 5.41) is 3.53. The smallest absolute Gasteiger partial charge is 0.425 e. The monoisotopic (exact) mass is 344 g/mol. The zero-order chi connectivity index (χ0) is 17.1. The molecule has 3 rings (SSSR count). The van der Waals surface area contributed by atoms with Crippen LogP contribution in [0.2, 0.25) is 0 Å². The topological polar surface area (TPSA) is 85.3 Å². The molecule has 0 saturated heterocycles. The van der Waals surface area contributed by atoms with Crippen molar-refractivity contribution in [2.75, 3.05) is 7.11 Å². The van der Waals surface area contributed by atoms with Crippen molar-refractivity contribution in [3.05, 3.63) is 41.4 Å². The summed E-state index contributed by atoms with van der Waals surface area (Å²) in [5.74, 6) is -0.498.